The minimum atomic E-state index is -0.536. The minimum Gasteiger partial charge on any atom is -0.469 e. The molecule has 0 radical (unpaired) electrons. The molecule has 0 N–H and O–H groups in total. The van der Waals surface area contributed by atoms with E-state index in [0.717, 1.165) is 10.5 Å². The van der Waals surface area contributed by atoms with Crippen LogP contribution in [0.4, 0.5) is 0 Å². The summed E-state index contributed by atoms with van der Waals surface area (Å²) in [6.45, 7) is 0.202. The zero-order valence-electron chi connectivity index (χ0n) is 13.5. The Hall–Kier alpha value is -2.27. The minimum absolute atomic E-state index is 0.0178. The van der Waals surface area contributed by atoms with Crippen LogP contribution in [0.3, 0.4) is 0 Å². The Kier molecular flexibility index (Phi) is 7.36. The van der Waals surface area contributed by atoms with E-state index in [-0.39, 0.29) is 19.0 Å². The summed E-state index contributed by atoms with van der Waals surface area (Å²) in [6.07, 6.45) is 0.0178. The normalized spacial score (nSPS) is 11.5. The van der Waals surface area contributed by atoms with Crippen molar-refractivity contribution in [2.75, 3.05) is 12.9 Å². The summed E-state index contributed by atoms with van der Waals surface area (Å²) < 4.78 is 10.1. The Balaban J connectivity index is 1.93. The van der Waals surface area contributed by atoms with Gasteiger partial charge in [-0.05, 0) is 17.7 Å². The van der Waals surface area contributed by atoms with Crippen LogP contribution in [-0.4, -0.2) is 24.8 Å². The highest BCUT2D eigenvalue weighted by Gasteiger charge is 2.24. The van der Waals surface area contributed by atoms with Crippen LogP contribution < -0.4 is 0 Å². The van der Waals surface area contributed by atoms with Crippen molar-refractivity contribution in [3.05, 3.63) is 66.2 Å². The first-order chi connectivity index (χ1) is 11.7. The fourth-order valence-corrected chi connectivity index (χ4v) is 3.05. The molecule has 0 aliphatic carbocycles. The van der Waals surface area contributed by atoms with Crippen LogP contribution >= 0.6 is 11.8 Å². The first-order valence-corrected chi connectivity index (χ1v) is 8.63. The van der Waals surface area contributed by atoms with E-state index < -0.39 is 11.9 Å². The molecule has 2 aromatic rings. The summed E-state index contributed by atoms with van der Waals surface area (Å²) in [5.74, 6) is -0.864. The average Bonchev–Trinajstić information content (AvgIpc) is 2.64. The Morgan fingerprint density at radius 2 is 1.62 bits per heavy atom. The molecule has 1 atom stereocenters. The second-order valence-electron chi connectivity index (χ2n) is 5.19. The molecule has 24 heavy (non-hydrogen) atoms. The van der Waals surface area contributed by atoms with Gasteiger partial charge in [-0.25, -0.2) is 0 Å². The van der Waals surface area contributed by atoms with Crippen LogP contribution in [0.5, 0.6) is 0 Å². The van der Waals surface area contributed by atoms with E-state index in [0.29, 0.717) is 5.75 Å². The van der Waals surface area contributed by atoms with Crippen molar-refractivity contribution in [3.8, 4) is 0 Å². The Labute approximate surface area is 146 Å². The van der Waals surface area contributed by atoms with E-state index in [2.05, 4.69) is 4.74 Å². The van der Waals surface area contributed by atoms with Crippen molar-refractivity contribution in [1.29, 1.82) is 0 Å². The molecule has 4 nitrogen and oxygen atoms in total. The second-order valence-corrected chi connectivity index (χ2v) is 6.29. The molecule has 0 aliphatic rings. The Morgan fingerprint density at radius 1 is 1.00 bits per heavy atom. The Morgan fingerprint density at radius 3 is 2.25 bits per heavy atom. The topological polar surface area (TPSA) is 52.6 Å². The van der Waals surface area contributed by atoms with Crippen LogP contribution in [0.1, 0.15) is 12.0 Å². The highest BCUT2D eigenvalue weighted by atomic mass is 32.2. The largest absolute Gasteiger partial charge is 0.469 e. The summed E-state index contributed by atoms with van der Waals surface area (Å²) in [7, 11) is 1.32. The number of rotatable bonds is 8. The van der Waals surface area contributed by atoms with Crippen LogP contribution in [0.25, 0.3) is 0 Å². The number of carbonyl (C=O) groups is 2. The molecule has 0 heterocycles. The number of thioether (sulfide) groups is 1. The van der Waals surface area contributed by atoms with E-state index in [4.69, 9.17) is 4.74 Å². The van der Waals surface area contributed by atoms with E-state index in [9.17, 15) is 9.59 Å². The van der Waals surface area contributed by atoms with Gasteiger partial charge >= 0.3 is 11.9 Å². The molecular weight excluding hydrogens is 324 g/mol. The summed E-state index contributed by atoms with van der Waals surface area (Å²) in [4.78, 5) is 25.0. The lowest BCUT2D eigenvalue weighted by Gasteiger charge is -2.15. The first kappa shape index (κ1) is 18.1. The van der Waals surface area contributed by atoms with Crippen molar-refractivity contribution in [3.63, 3.8) is 0 Å². The van der Waals surface area contributed by atoms with E-state index >= 15 is 0 Å². The lowest BCUT2D eigenvalue weighted by Crippen LogP contribution is -2.23. The quantitative estimate of drug-likeness (QED) is 0.540. The molecule has 0 aliphatic heterocycles. The number of carbonyl (C=O) groups excluding carboxylic acids is 2. The van der Waals surface area contributed by atoms with Gasteiger partial charge in [0.15, 0.2) is 0 Å². The van der Waals surface area contributed by atoms with Gasteiger partial charge in [-0.15, -0.1) is 11.8 Å². The molecule has 0 bridgehead atoms. The average molecular weight is 344 g/mol. The predicted octanol–water partition coefficient (Wildman–Crippen LogP) is 3.70. The van der Waals surface area contributed by atoms with Crippen molar-refractivity contribution < 1.29 is 19.1 Å². The van der Waals surface area contributed by atoms with Crippen molar-refractivity contribution in [2.24, 2.45) is 5.92 Å². The van der Waals surface area contributed by atoms with Gasteiger partial charge < -0.3 is 9.47 Å². The van der Waals surface area contributed by atoms with Crippen LogP contribution in [-0.2, 0) is 25.7 Å². The maximum atomic E-state index is 12.3. The maximum absolute atomic E-state index is 12.3. The number of hydrogen-bond donors (Lipinski definition) is 0. The number of esters is 2. The van der Waals surface area contributed by atoms with Gasteiger partial charge in [0.1, 0.15) is 6.61 Å². The van der Waals surface area contributed by atoms with Crippen molar-refractivity contribution in [1.82, 2.24) is 0 Å². The molecule has 0 unspecified atom stereocenters. The van der Waals surface area contributed by atoms with Gasteiger partial charge in [-0.2, -0.15) is 0 Å². The number of ether oxygens (including phenoxy) is 2. The fourth-order valence-electron chi connectivity index (χ4n) is 2.05. The number of hydrogen-bond acceptors (Lipinski definition) is 5. The fraction of sp³-hybridized carbons (Fsp3) is 0.263. The highest BCUT2D eigenvalue weighted by Crippen LogP contribution is 2.23. The molecule has 0 aromatic heterocycles. The van der Waals surface area contributed by atoms with Gasteiger partial charge in [0.2, 0.25) is 0 Å². The van der Waals surface area contributed by atoms with Gasteiger partial charge in [-0.3, -0.25) is 9.59 Å². The predicted molar refractivity (Wildman–Crippen MR) is 93.5 cm³/mol. The monoisotopic (exact) mass is 344 g/mol. The Bertz CT molecular complexity index is 643. The molecule has 126 valence electrons. The lowest BCUT2D eigenvalue weighted by atomic mass is 10.1. The summed E-state index contributed by atoms with van der Waals surface area (Å²) >= 11 is 1.52. The van der Waals surface area contributed by atoms with Gasteiger partial charge in [0.25, 0.3) is 0 Å². The third-order valence-corrected chi connectivity index (χ3v) is 4.57. The van der Waals surface area contributed by atoms with E-state index in [1.54, 1.807) is 0 Å². The highest BCUT2D eigenvalue weighted by molar-refractivity contribution is 7.99. The molecule has 0 fully saturated rings. The number of methoxy groups -OCH3 is 1. The smallest absolute Gasteiger partial charge is 0.310 e. The van der Waals surface area contributed by atoms with Crippen LogP contribution in [0.15, 0.2) is 65.6 Å². The van der Waals surface area contributed by atoms with E-state index in [1.807, 2.05) is 60.7 Å². The first-order valence-electron chi connectivity index (χ1n) is 7.64. The third kappa shape index (κ3) is 6.08. The van der Waals surface area contributed by atoms with Crippen LogP contribution in [0.2, 0.25) is 0 Å². The summed E-state index contributed by atoms with van der Waals surface area (Å²) in [6, 6.07) is 19.2. The molecule has 0 saturated carbocycles. The van der Waals surface area contributed by atoms with Gasteiger partial charge in [-0.1, -0.05) is 48.5 Å². The van der Waals surface area contributed by atoms with Crippen molar-refractivity contribution in [2.45, 2.75) is 17.9 Å². The third-order valence-electron chi connectivity index (χ3n) is 3.39. The SMILES string of the molecule is COC(=O)C[C@H](CSc1ccccc1)C(=O)OCc1ccccc1. The molecule has 2 aromatic carbocycles. The lowest BCUT2D eigenvalue weighted by molar-refractivity contribution is -0.154. The van der Waals surface area contributed by atoms with Gasteiger partial charge in [0, 0.05) is 10.6 Å². The maximum Gasteiger partial charge on any atom is 0.310 e. The van der Waals surface area contributed by atoms with Crippen LogP contribution in [0, 0.1) is 5.92 Å². The van der Waals surface area contributed by atoms with Gasteiger partial charge in [0.05, 0.1) is 19.4 Å². The second kappa shape index (κ2) is 9.78. The van der Waals surface area contributed by atoms with E-state index in [1.165, 1.54) is 18.9 Å². The molecule has 0 saturated heterocycles. The zero-order chi connectivity index (χ0) is 17.2. The molecular formula is C19H20O4S. The summed E-state index contributed by atoms with van der Waals surface area (Å²) in [5, 5.41) is 0. The zero-order valence-corrected chi connectivity index (χ0v) is 14.3. The number of benzene rings is 2. The molecule has 2 rings (SSSR count). The molecule has 0 spiro atoms. The molecule has 0 amide bonds. The standard InChI is InChI=1S/C19H20O4S/c1-22-18(20)12-16(14-24-17-10-6-3-7-11-17)19(21)23-13-15-8-4-2-5-9-15/h2-11,16H,12-14H2,1H3/t16-/m1/s1. The van der Waals surface area contributed by atoms with Crippen molar-refractivity contribution >= 4 is 23.7 Å². The molecule has 5 heteroatoms. The summed E-state index contributed by atoms with van der Waals surface area (Å²) in [5.41, 5.74) is 0.915.